The van der Waals surface area contributed by atoms with Crippen LogP contribution in [0.3, 0.4) is 0 Å². The van der Waals surface area contributed by atoms with Crippen molar-refractivity contribution in [2.24, 2.45) is 5.92 Å². The first-order valence-corrected chi connectivity index (χ1v) is 5.80. The van der Waals surface area contributed by atoms with E-state index in [9.17, 15) is 9.59 Å². The minimum atomic E-state index is -0.730. The zero-order chi connectivity index (χ0) is 12.7. The topological polar surface area (TPSA) is 78.4 Å². The molecule has 0 bridgehead atoms. The van der Waals surface area contributed by atoms with E-state index in [1.54, 1.807) is 6.92 Å². The van der Waals surface area contributed by atoms with E-state index in [4.69, 9.17) is 5.11 Å². The van der Waals surface area contributed by atoms with Crippen LogP contribution in [0.5, 0.6) is 0 Å². The highest BCUT2D eigenvalue weighted by Gasteiger charge is 2.26. The first kappa shape index (κ1) is 13.4. The molecule has 1 saturated carbocycles. The first-order valence-electron chi connectivity index (χ1n) is 5.80. The van der Waals surface area contributed by atoms with Crippen LogP contribution >= 0.6 is 0 Å². The Morgan fingerprint density at radius 2 is 1.94 bits per heavy atom. The smallest absolute Gasteiger partial charge is 0.315 e. The van der Waals surface area contributed by atoms with Crippen LogP contribution in [0.4, 0.5) is 4.79 Å². The van der Waals surface area contributed by atoms with E-state index in [1.165, 1.54) is 0 Å². The van der Waals surface area contributed by atoms with E-state index in [-0.39, 0.29) is 18.0 Å². The Hall–Kier alpha value is -1.70. The molecule has 2 amide bonds. The number of hydrogen-bond acceptors (Lipinski definition) is 2. The zero-order valence-electron chi connectivity index (χ0n) is 9.95. The summed E-state index contributed by atoms with van der Waals surface area (Å²) in [5, 5.41) is 14.3. The fraction of sp³-hybridized carbons (Fsp3) is 0.667. The highest BCUT2D eigenvalue weighted by atomic mass is 16.4. The van der Waals surface area contributed by atoms with Crippen molar-refractivity contribution in [2.45, 2.75) is 38.6 Å². The molecule has 94 valence electrons. The molecule has 0 heterocycles. The number of aliphatic carboxylic acids is 1. The highest BCUT2D eigenvalue weighted by Crippen LogP contribution is 2.24. The summed E-state index contributed by atoms with van der Waals surface area (Å²) in [4.78, 5) is 22.1. The van der Waals surface area contributed by atoms with Crippen LogP contribution in [0, 0.1) is 17.8 Å². The van der Waals surface area contributed by atoms with Gasteiger partial charge in [0.1, 0.15) is 0 Å². The fourth-order valence-electron chi connectivity index (χ4n) is 1.93. The van der Waals surface area contributed by atoms with Gasteiger partial charge in [0.15, 0.2) is 0 Å². The number of hydrogen-bond donors (Lipinski definition) is 3. The molecule has 0 unspecified atom stereocenters. The summed E-state index contributed by atoms with van der Waals surface area (Å²) in [5.74, 6) is 4.45. The maximum absolute atomic E-state index is 11.4. The Morgan fingerprint density at radius 3 is 2.47 bits per heavy atom. The lowest BCUT2D eigenvalue weighted by atomic mass is 9.86. The van der Waals surface area contributed by atoms with E-state index in [2.05, 4.69) is 22.5 Å². The van der Waals surface area contributed by atoms with E-state index < -0.39 is 5.97 Å². The van der Waals surface area contributed by atoms with Gasteiger partial charge in [-0.15, -0.1) is 5.92 Å². The molecule has 1 rings (SSSR count). The summed E-state index contributed by atoms with van der Waals surface area (Å²) >= 11 is 0. The Morgan fingerprint density at radius 1 is 1.29 bits per heavy atom. The third-order valence-electron chi connectivity index (χ3n) is 2.93. The summed E-state index contributed by atoms with van der Waals surface area (Å²) in [7, 11) is 0. The highest BCUT2D eigenvalue weighted by molar-refractivity contribution is 5.74. The van der Waals surface area contributed by atoms with Gasteiger partial charge in [-0.05, 0) is 32.6 Å². The lowest BCUT2D eigenvalue weighted by Crippen LogP contribution is -2.44. The standard InChI is InChI=1S/C12H18N2O3/c1-2-3-8-13-12(17)14-10-6-4-9(5-7-10)11(15)16/h9-10H,4-8H2,1H3,(H,15,16)(H2,13,14,17). The normalized spacial score (nSPS) is 23.1. The molecule has 0 aromatic heterocycles. The van der Waals surface area contributed by atoms with Crippen LogP contribution in [0.1, 0.15) is 32.6 Å². The molecule has 5 nitrogen and oxygen atoms in total. The summed E-state index contributed by atoms with van der Waals surface area (Å²) in [5.41, 5.74) is 0. The molecule has 0 radical (unpaired) electrons. The number of nitrogens with one attached hydrogen (secondary N) is 2. The van der Waals surface area contributed by atoms with Gasteiger partial charge in [-0.25, -0.2) is 4.79 Å². The molecule has 17 heavy (non-hydrogen) atoms. The van der Waals surface area contributed by atoms with Crippen LogP contribution in [-0.2, 0) is 4.79 Å². The van der Waals surface area contributed by atoms with Gasteiger partial charge in [0.2, 0.25) is 0 Å². The van der Waals surface area contributed by atoms with Crippen molar-refractivity contribution in [3.05, 3.63) is 0 Å². The van der Waals surface area contributed by atoms with Gasteiger partial charge in [0.25, 0.3) is 0 Å². The Labute approximate surface area is 101 Å². The molecular weight excluding hydrogens is 220 g/mol. The van der Waals surface area contributed by atoms with Gasteiger partial charge >= 0.3 is 12.0 Å². The molecule has 0 aliphatic heterocycles. The molecule has 5 heteroatoms. The summed E-state index contributed by atoms with van der Waals surface area (Å²) in [6.07, 6.45) is 2.72. The second-order valence-corrected chi connectivity index (χ2v) is 4.14. The maximum Gasteiger partial charge on any atom is 0.315 e. The molecule has 1 aliphatic rings. The summed E-state index contributed by atoms with van der Waals surface area (Å²) in [6, 6.07) is -0.147. The van der Waals surface area contributed by atoms with Crippen molar-refractivity contribution in [3.63, 3.8) is 0 Å². The number of amides is 2. The molecule has 0 spiro atoms. The quantitative estimate of drug-likeness (QED) is 0.641. The predicted octanol–water partition coefficient (Wildman–Crippen LogP) is 0.952. The molecule has 0 atom stereocenters. The minimum Gasteiger partial charge on any atom is -0.481 e. The second-order valence-electron chi connectivity index (χ2n) is 4.14. The average molecular weight is 238 g/mol. The van der Waals surface area contributed by atoms with Crippen LogP contribution in [-0.4, -0.2) is 29.7 Å². The van der Waals surface area contributed by atoms with E-state index in [1.807, 2.05) is 0 Å². The molecular formula is C12H18N2O3. The third kappa shape index (κ3) is 4.77. The van der Waals surface area contributed by atoms with E-state index in [0.717, 1.165) is 12.8 Å². The molecule has 1 fully saturated rings. The molecule has 0 saturated heterocycles. The maximum atomic E-state index is 11.4. The minimum absolute atomic E-state index is 0.0835. The van der Waals surface area contributed by atoms with Crippen molar-refractivity contribution in [2.75, 3.05) is 6.54 Å². The first-order chi connectivity index (χ1) is 8.13. The third-order valence-corrected chi connectivity index (χ3v) is 2.93. The van der Waals surface area contributed by atoms with E-state index in [0.29, 0.717) is 19.4 Å². The van der Waals surface area contributed by atoms with Crippen LogP contribution in [0.15, 0.2) is 0 Å². The predicted molar refractivity (Wildman–Crippen MR) is 63.4 cm³/mol. The Kier molecular flexibility index (Phi) is 5.34. The fourth-order valence-corrected chi connectivity index (χ4v) is 1.93. The van der Waals surface area contributed by atoms with Crippen LogP contribution in [0.2, 0.25) is 0 Å². The zero-order valence-corrected chi connectivity index (χ0v) is 9.95. The summed E-state index contributed by atoms with van der Waals surface area (Å²) in [6.45, 7) is 2.06. The van der Waals surface area contributed by atoms with E-state index >= 15 is 0 Å². The van der Waals surface area contributed by atoms with Crippen molar-refractivity contribution < 1.29 is 14.7 Å². The molecule has 1 aliphatic carbocycles. The monoisotopic (exact) mass is 238 g/mol. The number of carbonyl (C=O) groups is 2. The van der Waals surface area contributed by atoms with Gasteiger partial charge in [0.05, 0.1) is 12.5 Å². The lowest BCUT2D eigenvalue weighted by molar-refractivity contribution is -0.142. The van der Waals surface area contributed by atoms with Crippen molar-refractivity contribution >= 4 is 12.0 Å². The Balaban J connectivity index is 2.22. The second kappa shape index (κ2) is 6.79. The Bertz CT molecular complexity index is 335. The molecule has 0 aromatic carbocycles. The van der Waals surface area contributed by atoms with Crippen LogP contribution in [0.25, 0.3) is 0 Å². The number of carbonyl (C=O) groups excluding carboxylic acids is 1. The number of rotatable bonds is 3. The lowest BCUT2D eigenvalue weighted by Gasteiger charge is -2.26. The van der Waals surface area contributed by atoms with Crippen molar-refractivity contribution in [1.82, 2.24) is 10.6 Å². The van der Waals surface area contributed by atoms with Gasteiger partial charge < -0.3 is 15.7 Å². The van der Waals surface area contributed by atoms with Crippen LogP contribution < -0.4 is 10.6 Å². The summed E-state index contributed by atoms with van der Waals surface area (Å²) < 4.78 is 0. The van der Waals surface area contributed by atoms with Crippen molar-refractivity contribution in [1.29, 1.82) is 0 Å². The van der Waals surface area contributed by atoms with Gasteiger partial charge in [-0.2, -0.15) is 0 Å². The van der Waals surface area contributed by atoms with Gasteiger partial charge in [-0.3, -0.25) is 4.79 Å². The van der Waals surface area contributed by atoms with Crippen molar-refractivity contribution in [3.8, 4) is 11.8 Å². The van der Waals surface area contributed by atoms with Gasteiger partial charge in [-0.1, -0.05) is 5.92 Å². The number of carboxylic acid groups (broad SMARTS) is 1. The van der Waals surface area contributed by atoms with Gasteiger partial charge in [0, 0.05) is 6.04 Å². The number of urea groups is 1. The SMILES string of the molecule is CC#CCNC(=O)NC1CCC(C(=O)O)CC1. The molecule has 3 N–H and O–H groups in total. The number of carboxylic acids is 1. The largest absolute Gasteiger partial charge is 0.481 e. The average Bonchev–Trinajstić information content (AvgIpc) is 2.30. The molecule has 0 aromatic rings.